The minimum Gasteiger partial charge on any atom is -0.458 e. The van der Waals surface area contributed by atoms with Gasteiger partial charge in [-0.3, -0.25) is 4.79 Å². The Labute approximate surface area is 129 Å². The lowest BCUT2D eigenvalue weighted by atomic mass is 9.86. The maximum absolute atomic E-state index is 11.8. The first-order chi connectivity index (χ1) is 9.78. The molecule has 4 heteroatoms. The lowest BCUT2D eigenvalue weighted by Gasteiger charge is -2.23. The minimum absolute atomic E-state index is 0.0517. The summed E-state index contributed by atoms with van der Waals surface area (Å²) in [5, 5.41) is 2.73. The quantitative estimate of drug-likeness (QED) is 0.762. The zero-order valence-electron chi connectivity index (χ0n) is 14.0. The molecule has 0 aromatic rings. The Balaban J connectivity index is 2.18. The van der Waals surface area contributed by atoms with Gasteiger partial charge in [-0.2, -0.15) is 0 Å². The van der Waals surface area contributed by atoms with Gasteiger partial charge in [-0.1, -0.05) is 32.1 Å². The molecule has 0 saturated heterocycles. The molecule has 0 spiro atoms. The van der Waals surface area contributed by atoms with Crippen LogP contribution in [0.3, 0.4) is 0 Å². The van der Waals surface area contributed by atoms with Crippen molar-refractivity contribution in [1.82, 2.24) is 5.32 Å². The second-order valence-corrected chi connectivity index (χ2v) is 7.22. The van der Waals surface area contributed by atoms with Crippen LogP contribution in [0, 0.1) is 5.92 Å². The van der Waals surface area contributed by atoms with Crippen LogP contribution in [0.4, 0.5) is 0 Å². The third-order valence-electron chi connectivity index (χ3n) is 3.88. The maximum atomic E-state index is 11.8. The summed E-state index contributed by atoms with van der Waals surface area (Å²) < 4.78 is 5.25. The summed E-state index contributed by atoms with van der Waals surface area (Å²) in [7, 11) is 0. The average molecular weight is 297 g/mol. The molecule has 1 N–H and O–H groups in total. The molecule has 0 unspecified atom stereocenters. The molecule has 1 saturated carbocycles. The highest BCUT2D eigenvalue weighted by Gasteiger charge is 2.23. The van der Waals surface area contributed by atoms with E-state index in [2.05, 4.69) is 5.32 Å². The lowest BCUT2D eigenvalue weighted by molar-refractivity contribution is -0.158. The predicted molar refractivity (Wildman–Crippen MR) is 83.9 cm³/mol. The fraction of sp³-hybridized carbons (Fsp3) is 0.882. The molecule has 1 aliphatic rings. The van der Waals surface area contributed by atoms with Gasteiger partial charge >= 0.3 is 5.97 Å². The predicted octanol–water partition coefficient (Wildman–Crippen LogP) is 3.58. The van der Waals surface area contributed by atoms with Gasteiger partial charge in [-0.25, -0.2) is 4.79 Å². The third kappa shape index (κ3) is 8.08. The number of esters is 1. The van der Waals surface area contributed by atoms with E-state index in [9.17, 15) is 9.59 Å². The topological polar surface area (TPSA) is 55.4 Å². The van der Waals surface area contributed by atoms with E-state index in [4.69, 9.17) is 4.74 Å². The first kappa shape index (κ1) is 18.0. The molecule has 1 fully saturated rings. The normalized spacial score (nSPS) is 18.1. The number of amides is 1. The second kappa shape index (κ2) is 8.40. The third-order valence-corrected chi connectivity index (χ3v) is 3.88. The van der Waals surface area contributed by atoms with Gasteiger partial charge in [0.1, 0.15) is 11.6 Å². The van der Waals surface area contributed by atoms with Crippen LogP contribution in [0.2, 0.25) is 0 Å². The molecular formula is C17H31NO3. The molecule has 1 amide bonds. The molecule has 0 bridgehead atoms. The Morgan fingerprint density at radius 1 is 1.19 bits per heavy atom. The maximum Gasteiger partial charge on any atom is 0.328 e. The smallest absolute Gasteiger partial charge is 0.328 e. The van der Waals surface area contributed by atoms with Gasteiger partial charge in [0.05, 0.1) is 0 Å². The summed E-state index contributed by atoms with van der Waals surface area (Å²) >= 11 is 0. The molecule has 122 valence electrons. The van der Waals surface area contributed by atoms with Gasteiger partial charge < -0.3 is 10.1 Å². The van der Waals surface area contributed by atoms with Crippen LogP contribution in [0.25, 0.3) is 0 Å². The van der Waals surface area contributed by atoms with E-state index in [0.29, 0.717) is 6.42 Å². The largest absolute Gasteiger partial charge is 0.458 e. The number of rotatable bonds is 6. The van der Waals surface area contributed by atoms with E-state index < -0.39 is 11.6 Å². The monoisotopic (exact) mass is 297 g/mol. The van der Waals surface area contributed by atoms with Crippen LogP contribution in [-0.4, -0.2) is 23.5 Å². The number of nitrogens with one attached hydrogen (secondary N) is 1. The Morgan fingerprint density at radius 2 is 1.81 bits per heavy atom. The molecule has 1 atom stereocenters. The summed E-state index contributed by atoms with van der Waals surface area (Å²) in [6.07, 6.45) is 9.23. The van der Waals surface area contributed by atoms with Crippen molar-refractivity contribution in [3.8, 4) is 0 Å². The zero-order chi connectivity index (χ0) is 15.9. The number of hydrogen-bond acceptors (Lipinski definition) is 3. The molecule has 21 heavy (non-hydrogen) atoms. The summed E-state index contributed by atoms with van der Waals surface area (Å²) in [4.78, 5) is 23.6. The fourth-order valence-electron chi connectivity index (χ4n) is 2.79. The first-order valence-electron chi connectivity index (χ1n) is 8.30. The fourth-order valence-corrected chi connectivity index (χ4v) is 2.79. The Morgan fingerprint density at radius 3 is 2.38 bits per heavy atom. The van der Waals surface area contributed by atoms with Crippen molar-refractivity contribution in [2.45, 2.75) is 90.7 Å². The van der Waals surface area contributed by atoms with Crippen LogP contribution in [0.5, 0.6) is 0 Å². The summed E-state index contributed by atoms with van der Waals surface area (Å²) in [6, 6.07) is -0.577. The van der Waals surface area contributed by atoms with E-state index in [1.807, 2.05) is 20.8 Å². The number of hydrogen-bond donors (Lipinski definition) is 1. The Bertz CT molecular complexity index is 340. The van der Waals surface area contributed by atoms with Gasteiger partial charge in [-0.05, 0) is 46.5 Å². The van der Waals surface area contributed by atoms with Crippen LogP contribution in [0.15, 0.2) is 0 Å². The van der Waals surface area contributed by atoms with Crippen molar-refractivity contribution >= 4 is 11.9 Å². The molecule has 1 rings (SSSR count). The highest BCUT2D eigenvalue weighted by molar-refractivity contribution is 5.84. The van der Waals surface area contributed by atoms with Gasteiger partial charge in [0, 0.05) is 6.42 Å². The lowest BCUT2D eigenvalue weighted by Crippen LogP contribution is -2.42. The highest BCUT2D eigenvalue weighted by atomic mass is 16.6. The first-order valence-corrected chi connectivity index (χ1v) is 8.30. The summed E-state index contributed by atoms with van der Waals surface area (Å²) in [6.45, 7) is 7.14. The Hall–Kier alpha value is -1.06. The molecule has 1 aliphatic carbocycles. The van der Waals surface area contributed by atoms with Crippen molar-refractivity contribution in [2.24, 2.45) is 5.92 Å². The van der Waals surface area contributed by atoms with Gasteiger partial charge in [0.25, 0.3) is 0 Å². The minimum atomic E-state index is -0.577. The highest BCUT2D eigenvalue weighted by Crippen LogP contribution is 2.27. The van der Waals surface area contributed by atoms with Crippen LogP contribution in [-0.2, 0) is 14.3 Å². The van der Waals surface area contributed by atoms with Crippen LogP contribution < -0.4 is 5.32 Å². The van der Waals surface area contributed by atoms with Crippen LogP contribution >= 0.6 is 0 Å². The average Bonchev–Trinajstić information content (AvgIpc) is 2.37. The molecule has 0 aromatic heterocycles. The molecular weight excluding hydrogens is 266 g/mol. The number of ether oxygens (including phenoxy) is 1. The van der Waals surface area contributed by atoms with E-state index in [1.54, 1.807) is 6.92 Å². The molecule has 0 aliphatic heterocycles. The standard InChI is InChI=1S/C17H31NO3/c1-13(16(20)21-17(2,3)4)18-15(19)12-8-11-14-9-6-5-7-10-14/h13-14H,5-12H2,1-4H3,(H,18,19)/t13-/m1/s1. The van der Waals surface area contributed by atoms with Crippen molar-refractivity contribution in [3.63, 3.8) is 0 Å². The molecule has 0 aromatic carbocycles. The van der Waals surface area contributed by atoms with E-state index in [1.165, 1.54) is 32.1 Å². The van der Waals surface area contributed by atoms with Crippen molar-refractivity contribution in [1.29, 1.82) is 0 Å². The van der Waals surface area contributed by atoms with E-state index in [0.717, 1.165) is 18.8 Å². The second-order valence-electron chi connectivity index (χ2n) is 7.22. The SMILES string of the molecule is C[C@@H](NC(=O)CCCC1CCCCC1)C(=O)OC(C)(C)C. The summed E-state index contributed by atoms with van der Waals surface area (Å²) in [5.41, 5.74) is -0.517. The number of carbonyl (C=O) groups excluding carboxylic acids is 2. The molecule has 4 nitrogen and oxygen atoms in total. The zero-order valence-corrected chi connectivity index (χ0v) is 14.0. The van der Waals surface area contributed by atoms with E-state index in [-0.39, 0.29) is 11.9 Å². The molecule has 0 radical (unpaired) electrons. The van der Waals surface area contributed by atoms with Crippen LogP contribution in [0.1, 0.15) is 79.1 Å². The van der Waals surface area contributed by atoms with Crippen molar-refractivity contribution in [2.75, 3.05) is 0 Å². The molecule has 0 heterocycles. The van der Waals surface area contributed by atoms with Crippen molar-refractivity contribution in [3.05, 3.63) is 0 Å². The van der Waals surface area contributed by atoms with Gasteiger partial charge in [0.15, 0.2) is 0 Å². The summed E-state index contributed by atoms with van der Waals surface area (Å²) in [5.74, 6) is 0.377. The Kier molecular flexibility index (Phi) is 7.20. The van der Waals surface area contributed by atoms with Crippen molar-refractivity contribution < 1.29 is 14.3 Å². The van der Waals surface area contributed by atoms with Gasteiger partial charge in [-0.15, -0.1) is 0 Å². The number of carbonyl (C=O) groups is 2. The van der Waals surface area contributed by atoms with E-state index >= 15 is 0 Å². The van der Waals surface area contributed by atoms with Gasteiger partial charge in [0.2, 0.25) is 5.91 Å².